The average molecular weight is 324 g/mol. The summed E-state index contributed by atoms with van der Waals surface area (Å²) in [6, 6.07) is 0. The maximum atomic E-state index is 12.2. The van der Waals surface area contributed by atoms with Gasteiger partial charge < -0.3 is 15.0 Å². The molecule has 1 aromatic heterocycles. The molecular formula is C15H20N2O2S2. The van der Waals surface area contributed by atoms with Gasteiger partial charge in [0.15, 0.2) is 5.11 Å². The van der Waals surface area contributed by atoms with Crippen molar-refractivity contribution in [1.82, 2.24) is 4.90 Å². The number of ether oxygens (including phenoxy) is 1. The third-order valence-electron chi connectivity index (χ3n) is 4.17. The largest absolute Gasteiger partial charge is 0.465 e. The van der Waals surface area contributed by atoms with Gasteiger partial charge in [0.05, 0.1) is 12.7 Å². The first-order valence-corrected chi connectivity index (χ1v) is 8.72. The molecule has 0 aromatic carbocycles. The minimum absolute atomic E-state index is 0.249. The zero-order valence-electron chi connectivity index (χ0n) is 12.2. The Morgan fingerprint density at radius 1 is 1.24 bits per heavy atom. The molecule has 0 spiro atoms. The van der Waals surface area contributed by atoms with E-state index < -0.39 is 0 Å². The average Bonchev–Trinajstić information content (AvgIpc) is 3.13. The molecule has 2 aliphatic rings. The lowest BCUT2D eigenvalue weighted by Crippen LogP contribution is -2.32. The van der Waals surface area contributed by atoms with Crippen molar-refractivity contribution < 1.29 is 9.53 Å². The van der Waals surface area contributed by atoms with E-state index >= 15 is 0 Å². The van der Waals surface area contributed by atoms with Gasteiger partial charge in [0, 0.05) is 18.0 Å². The normalized spacial score (nSPS) is 17.5. The lowest BCUT2D eigenvalue weighted by atomic mass is 9.95. The molecule has 1 saturated heterocycles. The number of aryl methyl sites for hydroxylation is 1. The van der Waals surface area contributed by atoms with Crippen LogP contribution in [0.4, 0.5) is 5.00 Å². The fourth-order valence-electron chi connectivity index (χ4n) is 3.07. The molecule has 4 nitrogen and oxygen atoms in total. The number of hydrogen-bond donors (Lipinski definition) is 1. The number of fused-ring (bicyclic) bond motifs is 1. The smallest absolute Gasteiger partial charge is 0.341 e. The zero-order valence-corrected chi connectivity index (χ0v) is 13.9. The lowest BCUT2D eigenvalue weighted by molar-refractivity contribution is 0.0601. The number of carbonyl (C=O) groups is 1. The van der Waals surface area contributed by atoms with Gasteiger partial charge in [-0.05, 0) is 56.3 Å². The summed E-state index contributed by atoms with van der Waals surface area (Å²) in [5.74, 6) is -0.249. The fourth-order valence-corrected chi connectivity index (χ4v) is 4.69. The second kappa shape index (κ2) is 6.32. The topological polar surface area (TPSA) is 41.6 Å². The number of methoxy groups -OCH3 is 1. The van der Waals surface area contributed by atoms with E-state index in [1.165, 1.54) is 36.8 Å². The standard InChI is InChI=1S/C15H20N2O2S2/c1-19-14(18)12-10-6-2-3-7-11(10)21-13(12)16-15(20)17-8-4-5-9-17/h2-9H2,1H3,(H,16,20). The molecule has 3 rings (SSSR count). The number of nitrogens with one attached hydrogen (secondary N) is 1. The van der Waals surface area contributed by atoms with Crippen LogP contribution < -0.4 is 5.32 Å². The van der Waals surface area contributed by atoms with Crippen LogP contribution in [-0.4, -0.2) is 36.2 Å². The first-order chi connectivity index (χ1) is 10.2. The number of esters is 1. The number of thiocarbonyl (C=S) groups is 1. The molecule has 0 saturated carbocycles. The van der Waals surface area contributed by atoms with Crippen molar-refractivity contribution in [2.75, 3.05) is 25.5 Å². The highest BCUT2D eigenvalue weighted by molar-refractivity contribution is 7.80. The quantitative estimate of drug-likeness (QED) is 0.668. The van der Waals surface area contributed by atoms with E-state index in [4.69, 9.17) is 17.0 Å². The number of hydrogen-bond acceptors (Lipinski definition) is 4. The Kier molecular flexibility index (Phi) is 4.45. The monoisotopic (exact) mass is 324 g/mol. The van der Waals surface area contributed by atoms with E-state index in [9.17, 15) is 4.79 Å². The van der Waals surface area contributed by atoms with Crippen LogP contribution in [0, 0.1) is 0 Å². The molecule has 0 amide bonds. The zero-order chi connectivity index (χ0) is 14.8. The summed E-state index contributed by atoms with van der Waals surface area (Å²) in [6.45, 7) is 2.01. The lowest BCUT2D eigenvalue weighted by Gasteiger charge is -2.19. The number of carbonyl (C=O) groups excluding carboxylic acids is 1. The third-order valence-corrected chi connectivity index (χ3v) is 5.74. The van der Waals surface area contributed by atoms with Gasteiger partial charge in [0.1, 0.15) is 5.00 Å². The molecule has 1 aliphatic heterocycles. The summed E-state index contributed by atoms with van der Waals surface area (Å²) in [7, 11) is 1.44. The summed E-state index contributed by atoms with van der Waals surface area (Å²) in [5, 5.41) is 4.90. The molecule has 1 fully saturated rings. The Labute approximate surface area is 134 Å². The van der Waals surface area contributed by atoms with Crippen LogP contribution in [0.2, 0.25) is 0 Å². The second-order valence-corrected chi connectivity index (χ2v) is 7.02. The van der Waals surface area contributed by atoms with Crippen LogP contribution in [0.3, 0.4) is 0 Å². The van der Waals surface area contributed by atoms with Gasteiger partial charge in [-0.3, -0.25) is 0 Å². The van der Waals surface area contributed by atoms with E-state index in [1.807, 2.05) is 0 Å². The van der Waals surface area contributed by atoms with Crippen molar-refractivity contribution >= 4 is 39.6 Å². The van der Waals surface area contributed by atoms with Gasteiger partial charge in [0.2, 0.25) is 0 Å². The number of likely N-dealkylation sites (tertiary alicyclic amines) is 1. The summed E-state index contributed by atoms with van der Waals surface area (Å²) in [4.78, 5) is 15.6. The second-order valence-electron chi connectivity index (χ2n) is 5.53. The van der Waals surface area contributed by atoms with Gasteiger partial charge >= 0.3 is 5.97 Å². The first kappa shape index (κ1) is 14.8. The van der Waals surface area contributed by atoms with Crippen LogP contribution in [0.1, 0.15) is 46.5 Å². The van der Waals surface area contributed by atoms with Gasteiger partial charge in [-0.1, -0.05) is 0 Å². The van der Waals surface area contributed by atoms with Crippen molar-refractivity contribution in [2.24, 2.45) is 0 Å². The Hall–Kier alpha value is -1.14. The number of thiophene rings is 1. The maximum Gasteiger partial charge on any atom is 0.341 e. The molecule has 1 aliphatic carbocycles. The van der Waals surface area contributed by atoms with Gasteiger partial charge in [-0.25, -0.2) is 4.79 Å². The van der Waals surface area contributed by atoms with Crippen molar-refractivity contribution in [3.8, 4) is 0 Å². The summed E-state index contributed by atoms with van der Waals surface area (Å²) in [5.41, 5.74) is 1.88. The van der Waals surface area contributed by atoms with E-state index in [2.05, 4.69) is 10.2 Å². The number of anilines is 1. The summed E-state index contributed by atoms with van der Waals surface area (Å²) in [6.07, 6.45) is 6.74. The highest BCUT2D eigenvalue weighted by Gasteiger charge is 2.27. The van der Waals surface area contributed by atoms with Crippen LogP contribution in [0.25, 0.3) is 0 Å². The van der Waals surface area contributed by atoms with Crippen molar-refractivity contribution in [3.05, 3.63) is 16.0 Å². The summed E-state index contributed by atoms with van der Waals surface area (Å²) >= 11 is 7.15. The van der Waals surface area contributed by atoms with E-state index in [-0.39, 0.29) is 5.97 Å². The molecule has 6 heteroatoms. The van der Waals surface area contributed by atoms with Crippen LogP contribution in [-0.2, 0) is 17.6 Å². The van der Waals surface area contributed by atoms with Gasteiger partial charge in [0.25, 0.3) is 0 Å². The van der Waals surface area contributed by atoms with E-state index in [1.54, 1.807) is 11.3 Å². The minimum Gasteiger partial charge on any atom is -0.465 e. The van der Waals surface area contributed by atoms with Crippen LogP contribution in [0.5, 0.6) is 0 Å². The fraction of sp³-hybridized carbons (Fsp3) is 0.600. The van der Waals surface area contributed by atoms with Crippen molar-refractivity contribution in [2.45, 2.75) is 38.5 Å². The van der Waals surface area contributed by atoms with Gasteiger partial charge in [-0.15, -0.1) is 11.3 Å². The molecule has 114 valence electrons. The Bertz CT molecular complexity index is 562. The maximum absolute atomic E-state index is 12.2. The summed E-state index contributed by atoms with van der Waals surface area (Å²) < 4.78 is 4.98. The van der Waals surface area contributed by atoms with Gasteiger partial charge in [-0.2, -0.15) is 0 Å². The molecule has 1 aromatic rings. The predicted octanol–water partition coefficient (Wildman–Crippen LogP) is 3.21. The minimum atomic E-state index is -0.249. The molecule has 0 bridgehead atoms. The van der Waals surface area contributed by atoms with Crippen molar-refractivity contribution in [3.63, 3.8) is 0 Å². The Balaban J connectivity index is 1.88. The van der Waals surface area contributed by atoms with Crippen LogP contribution in [0.15, 0.2) is 0 Å². The molecule has 21 heavy (non-hydrogen) atoms. The number of nitrogens with zero attached hydrogens (tertiary/aromatic N) is 1. The van der Waals surface area contributed by atoms with Crippen molar-refractivity contribution in [1.29, 1.82) is 0 Å². The molecule has 1 N–H and O–H groups in total. The third kappa shape index (κ3) is 2.92. The molecule has 0 radical (unpaired) electrons. The Morgan fingerprint density at radius 3 is 2.67 bits per heavy atom. The highest BCUT2D eigenvalue weighted by Crippen LogP contribution is 2.38. The predicted molar refractivity (Wildman–Crippen MR) is 89.3 cm³/mol. The van der Waals surface area contributed by atoms with E-state index in [0.717, 1.165) is 42.5 Å². The molecule has 2 heterocycles. The first-order valence-electron chi connectivity index (χ1n) is 7.49. The molecular weight excluding hydrogens is 304 g/mol. The number of rotatable bonds is 2. The SMILES string of the molecule is COC(=O)c1c(NC(=S)N2CCCC2)sc2c1CCCC2. The highest BCUT2D eigenvalue weighted by atomic mass is 32.1. The Morgan fingerprint density at radius 2 is 1.95 bits per heavy atom. The van der Waals surface area contributed by atoms with E-state index in [0.29, 0.717) is 5.56 Å². The molecule has 0 unspecified atom stereocenters. The van der Waals surface area contributed by atoms with Crippen LogP contribution >= 0.6 is 23.6 Å². The molecule has 0 atom stereocenters.